The molecule has 24 heavy (non-hydrogen) atoms. The fraction of sp³-hybridized carbons (Fsp3) is 0.316. The number of carbonyl (C=O) groups is 1. The van der Waals surface area contributed by atoms with Crippen LogP contribution in [0.1, 0.15) is 16.8 Å². The summed E-state index contributed by atoms with van der Waals surface area (Å²) in [6.45, 7) is 1.60. The smallest absolute Gasteiger partial charge is 0.164 e. The molecule has 0 aliphatic carbocycles. The molecule has 0 amide bonds. The van der Waals surface area contributed by atoms with Crippen molar-refractivity contribution in [2.75, 3.05) is 19.6 Å². The van der Waals surface area contributed by atoms with Gasteiger partial charge in [0.05, 0.1) is 0 Å². The molecular formula is C19H20FNO3. The van der Waals surface area contributed by atoms with Crippen LogP contribution in [-0.2, 0) is 0 Å². The lowest BCUT2D eigenvalue weighted by molar-refractivity contribution is 0.0736. The van der Waals surface area contributed by atoms with Crippen molar-refractivity contribution in [3.63, 3.8) is 0 Å². The fourth-order valence-corrected chi connectivity index (χ4v) is 2.84. The number of aliphatic hydroxyl groups excluding tert-OH is 1. The standard InChI is InChI=1S/C19H20FNO3/c20-15-8-6-14(7-9-15)17(22)10-11-21-12-18(23)19(13-21)24-16-4-2-1-3-5-16/h1-9,18-19,23H,10-13H2. The molecule has 2 unspecified atom stereocenters. The zero-order valence-corrected chi connectivity index (χ0v) is 13.3. The molecule has 1 aliphatic heterocycles. The highest BCUT2D eigenvalue weighted by Crippen LogP contribution is 2.19. The Morgan fingerprint density at radius 1 is 1.12 bits per heavy atom. The summed E-state index contributed by atoms with van der Waals surface area (Å²) in [5, 5.41) is 10.1. The maximum absolute atomic E-state index is 12.9. The van der Waals surface area contributed by atoms with Crippen molar-refractivity contribution in [2.24, 2.45) is 0 Å². The molecule has 0 spiro atoms. The number of likely N-dealkylation sites (tertiary alicyclic amines) is 1. The Labute approximate surface area is 140 Å². The van der Waals surface area contributed by atoms with E-state index in [4.69, 9.17) is 4.74 Å². The second-order valence-corrected chi connectivity index (χ2v) is 5.98. The highest BCUT2D eigenvalue weighted by atomic mass is 19.1. The Kier molecular flexibility index (Phi) is 5.23. The molecule has 2 aromatic carbocycles. The fourth-order valence-electron chi connectivity index (χ4n) is 2.84. The number of hydrogen-bond donors (Lipinski definition) is 1. The van der Waals surface area contributed by atoms with Gasteiger partial charge in [0.15, 0.2) is 5.78 Å². The van der Waals surface area contributed by atoms with Crippen LogP contribution in [0.5, 0.6) is 5.75 Å². The van der Waals surface area contributed by atoms with Crippen molar-refractivity contribution in [1.29, 1.82) is 0 Å². The summed E-state index contributed by atoms with van der Waals surface area (Å²) < 4.78 is 18.7. The number of nitrogens with zero attached hydrogens (tertiary/aromatic N) is 1. The molecular weight excluding hydrogens is 309 g/mol. The van der Waals surface area contributed by atoms with Crippen molar-refractivity contribution < 1.29 is 19.0 Å². The number of rotatable bonds is 6. The first-order chi connectivity index (χ1) is 11.6. The summed E-state index contributed by atoms with van der Waals surface area (Å²) in [7, 11) is 0. The minimum Gasteiger partial charge on any atom is -0.486 e. The first-order valence-electron chi connectivity index (χ1n) is 8.03. The van der Waals surface area contributed by atoms with E-state index < -0.39 is 6.10 Å². The minimum absolute atomic E-state index is 0.0306. The minimum atomic E-state index is -0.578. The second kappa shape index (κ2) is 7.55. The first-order valence-corrected chi connectivity index (χ1v) is 8.03. The average Bonchev–Trinajstić information content (AvgIpc) is 2.94. The van der Waals surface area contributed by atoms with E-state index >= 15 is 0 Å². The highest BCUT2D eigenvalue weighted by Gasteiger charge is 2.33. The van der Waals surface area contributed by atoms with Crippen LogP contribution >= 0.6 is 0 Å². The third kappa shape index (κ3) is 4.19. The van der Waals surface area contributed by atoms with Gasteiger partial charge in [0.1, 0.15) is 23.8 Å². The van der Waals surface area contributed by atoms with Gasteiger partial charge in [-0.25, -0.2) is 4.39 Å². The van der Waals surface area contributed by atoms with E-state index in [0.717, 1.165) is 5.75 Å². The topological polar surface area (TPSA) is 49.8 Å². The molecule has 1 heterocycles. The van der Waals surface area contributed by atoms with Crippen LogP contribution in [0.3, 0.4) is 0 Å². The number of halogens is 1. The number of benzene rings is 2. The summed E-state index contributed by atoms with van der Waals surface area (Å²) in [5.41, 5.74) is 0.508. The van der Waals surface area contributed by atoms with Crippen molar-refractivity contribution in [2.45, 2.75) is 18.6 Å². The molecule has 2 aromatic rings. The van der Waals surface area contributed by atoms with E-state index in [-0.39, 0.29) is 17.7 Å². The monoisotopic (exact) mass is 329 g/mol. The highest BCUT2D eigenvalue weighted by molar-refractivity contribution is 5.96. The molecule has 0 bridgehead atoms. The Balaban J connectivity index is 1.50. The second-order valence-electron chi connectivity index (χ2n) is 5.98. The van der Waals surface area contributed by atoms with Crippen molar-refractivity contribution in [3.05, 3.63) is 66.0 Å². The van der Waals surface area contributed by atoms with Crippen LogP contribution in [0, 0.1) is 5.82 Å². The van der Waals surface area contributed by atoms with Gasteiger partial charge in [0.2, 0.25) is 0 Å². The SMILES string of the molecule is O=C(CCN1CC(O)C(Oc2ccccc2)C1)c1ccc(F)cc1. The van der Waals surface area contributed by atoms with Crippen LogP contribution in [0.15, 0.2) is 54.6 Å². The molecule has 2 atom stereocenters. The van der Waals surface area contributed by atoms with E-state index in [0.29, 0.717) is 31.6 Å². The molecule has 1 saturated heterocycles. The molecule has 1 N–H and O–H groups in total. The Morgan fingerprint density at radius 2 is 1.83 bits per heavy atom. The zero-order chi connectivity index (χ0) is 16.9. The van der Waals surface area contributed by atoms with Crippen molar-refractivity contribution in [3.8, 4) is 5.75 Å². The average molecular weight is 329 g/mol. The van der Waals surface area contributed by atoms with E-state index in [1.807, 2.05) is 35.2 Å². The molecule has 5 heteroatoms. The van der Waals surface area contributed by atoms with E-state index in [1.54, 1.807) is 0 Å². The van der Waals surface area contributed by atoms with E-state index in [1.165, 1.54) is 24.3 Å². The van der Waals surface area contributed by atoms with Crippen LogP contribution in [0.2, 0.25) is 0 Å². The molecule has 4 nitrogen and oxygen atoms in total. The Morgan fingerprint density at radius 3 is 2.54 bits per heavy atom. The number of aliphatic hydroxyl groups is 1. The maximum atomic E-state index is 12.9. The van der Waals surface area contributed by atoms with Crippen LogP contribution in [0.4, 0.5) is 4.39 Å². The number of Topliss-reactive ketones (excluding diaryl/α,β-unsaturated/α-hetero) is 1. The van der Waals surface area contributed by atoms with E-state index in [2.05, 4.69) is 0 Å². The van der Waals surface area contributed by atoms with Gasteiger partial charge in [0, 0.05) is 31.6 Å². The lowest BCUT2D eigenvalue weighted by Gasteiger charge is -2.17. The number of hydrogen-bond acceptors (Lipinski definition) is 4. The molecule has 0 aromatic heterocycles. The lowest BCUT2D eigenvalue weighted by Crippen LogP contribution is -2.30. The normalized spacial score (nSPS) is 20.9. The summed E-state index contributed by atoms with van der Waals surface area (Å²) in [5.74, 6) is 0.345. The molecule has 0 saturated carbocycles. The number of para-hydroxylation sites is 1. The number of carbonyl (C=O) groups excluding carboxylic acids is 1. The van der Waals surface area contributed by atoms with Gasteiger partial charge in [-0.1, -0.05) is 18.2 Å². The quantitative estimate of drug-likeness (QED) is 0.828. The predicted molar refractivity (Wildman–Crippen MR) is 88.7 cm³/mol. The summed E-state index contributed by atoms with van der Waals surface area (Å²) in [4.78, 5) is 14.1. The van der Waals surface area contributed by atoms with E-state index in [9.17, 15) is 14.3 Å². The Bertz CT molecular complexity index is 675. The third-order valence-electron chi connectivity index (χ3n) is 4.16. The van der Waals surface area contributed by atoms with Gasteiger partial charge >= 0.3 is 0 Å². The molecule has 3 rings (SSSR count). The van der Waals surface area contributed by atoms with Gasteiger partial charge in [0.25, 0.3) is 0 Å². The zero-order valence-electron chi connectivity index (χ0n) is 13.3. The lowest BCUT2D eigenvalue weighted by atomic mass is 10.1. The van der Waals surface area contributed by atoms with Gasteiger partial charge < -0.3 is 9.84 Å². The molecule has 126 valence electrons. The summed E-state index contributed by atoms with van der Waals surface area (Å²) in [6, 6.07) is 15.0. The van der Waals surface area contributed by atoms with Crippen LogP contribution in [-0.4, -0.2) is 47.6 Å². The largest absolute Gasteiger partial charge is 0.486 e. The predicted octanol–water partition coefficient (Wildman–Crippen LogP) is 2.52. The molecule has 1 aliphatic rings. The summed E-state index contributed by atoms with van der Waals surface area (Å²) >= 11 is 0. The number of β-amino-alcohol motifs (C(OH)–C–C–N with tert-alkyl or cyclic N) is 1. The summed E-state index contributed by atoms with van der Waals surface area (Å²) in [6.07, 6.45) is -0.546. The van der Waals surface area contributed by atoms with Gasteiger partial charge in [-0.2, -0.15) is 0 Å². The van der Waals surface area contributed by atoms with Gasteiger partial charge in [-0.05, 0) is 36.4 Å². The van der Waals surface area contributed by atoms with Gasteiger partial charge in [-0.15, -0.1) is 0 Å². The van der Waals surface area contributed by atoms with Crippen LogP contribution < -0.4 is 4.74 Å². The van der Waals surface area contributed by atoms with Crippen LogP contribution in [0.25, 0.3) is 0 Å². The molecule has 1 fully saturated rings. The molecule has 0 radical (unpaired) electrons. The van der Waals surface area contributed by atoms with Gasteiger partial charge in [-0.3, -0.25) is 9.69 Å². The van der Waals surface area contributed by atoms with Crippen molar-refractivity contribution in [1.82, 2.24) is 4.90 Å². The third-order valence-corrected chi connectivity index (χ3v) is 4.16. The van der Waals surface area contributed by atoms with Crippen molar-refractivity contribution >= 4 is 5.78 Å². The number of ether oxygens (including phenoxy) is 1. The Hall–Kier alpha value is -2.24. The maximum Gasteiger partial charge on any atom is 0.164 e. The number of ketones is 1. The first kappa shape index (κ1) is 16.6.